The topological polar surface area (TPSA) is 94.6 Å². The molecule has 0 N–H and O–H groups in total. The van der Waals surface area contributed by atoms with Gasteiger partial charge >= 0.3 is 17.9 Å². The fraction of sp³-hybridized carbons (Fsp3) is 0.423. The highest BCUT2D eigenvalue weighted by Gasteiger charge is 2.29. The van der Waals surface area contributed by atoms with Gasteiger partial charge in [0.1, 0.15) is 18.1 Å². The zero-order valence-corrected chi connectivity index (χ0v) is 21.0. The summed E-state index contributed by atoms with van der Waals surface area (Å²) in [6.45, 7) is 9.07. The van der Waals surface area contributed by atoms with Crippen molar-refractivity contribution in [3.05, 3.63) is 59.5 Å². The van der Waals surface area contributed by atoms with Gasteiger partial charge in [0.25, 0.3) is 0 Å². The minimum Gasteiger partial charge on any atom is -0.491 e. The van der Waals surface area contributed by atoms with Crippen LogP contribution in [0.5, 0.6) is 5.75 Å². The van der Waals surface area contributed by atoms with Crippen LogP contribution in [-0.2, 0) is 23.8 Å². The first kappa shape index (κ1) is 27.7. The number of hydrogen-bond donors (Lipinski definition) is 0. The number of allylic oxidation sites excluding steroid dienone is 2. The molecule has 9 heteroatoms. The summed E-state index contributed by atoms with van der Waals surface area (Å²) in [5.74, 6) is -1.55. The third-order valence-corrected chi connectivity index (χ3v) is 5.34. The maximum absolute atomic E-state index is 12.8. The largest absolute Gasteiger partial charge is 0.491 e. The van der Waals surface area contributed by atoms with Crippen LogP contribution in [0.3, 0.4) is 0 Å². The predicted octanol–water partition coefficient (Wildman–Crippen LogP) is 3.46. The van der Waals surface area contributed by atoms with Crippen LogP contribution in [0.15, 0.2) is 53.9 Å². The molecular formula is C26H34N2O7. The van der Waals surface area contributed by atoms with Crippen molar-refractivity contribution in [3.8, 4) is 5.75 Å². The first-order valence-corrected chi connectivity index (χ1v) is 11.6. The van der Waals surface area contributed by atoms with E-state index < -0.39 is 17.9 Å². The number of methoxy groups -OCH3 is 2. The lowest BCUT2D eigenvalue weighted by atomic mass is 10.1. The minimum atomic E-state index is -0.754. The molecule has 0 unspecified atom stereocenters. The molecule has 1 aromatic rings. The van der Waals surface area contributed by atoms with Gasteiger partial charge in [-0.2, -0.15) is 0 Å². The summed E-state index contributed by atoms with van der Waals surface area (Å²) in [4.78, 5) is 41.7. The Labute approximate surface area is 206 Å². The second-order valence-corrected chi connectivity index (χ2v) is 7.51. The van der Waals surface area contributed by atoms with Gasteiger partial charge in [-0.25, -0.2) is 14.4 Å². The maximum atomic E-state index is 12.8. The van der Waals surface area contributed by atoms with E-state index in [0.29, 0.717) is 24.6 Å². The number of esters is 3. The molecular weight excluding hydrogens is 452 g/mol. The summed E-state index contributed by atoms with van der Waals surface area (Å²) in [6, 6.07) is 4.82. The van der Waals surface area contributed by atoms with E-state index in [9.17, 15) is 14.4 Å². The maximum Gasteiger partial charge on any atom is 0.355 e. The monoisotopic (exact) mass is 486 g/mol. The van der Waals surface area contributed by atoms with E-state index in [1.807, 2.05) is 20.8 Å². The third-order valence-electron chi connectivity index (χ3n) is 5.34. The molecule has 0 bridgehead atoms. The van der Waals surface area contributed by atoms with Gasteiger partial charge in [0.15, 0.2) is 0 Å². The number of carbonyl (C=O) groups excluding carboxylic acids is 3. The highest BCUT2D eigenvalue weighted by atomic mass is 16.5. The lowest BCUT2D eigenvalue weighted by Gasteiger charge is -2.25. The zero-order valence-electron chi connectivity index (χ0n) is 21.0. The van der Waals surface area contributed by atoms with Gasteiger partial charge in [0.05, 0.1) is 37.7 Å². The fourth-order valence-corrected chi connectivity index (χ4v) is 3.41. The van der Waals surface area contributed by atoms with Crippen LogP contribution >= 0.6 is 0 Å². The van der Waals surface area contributed by atoms with Crippen LogP contribution in [0.1, 0.15) is 37.6 Å². The van der Waals surface area contributed by atoms with E-state index in [-0.39, 0.29) is 23.4 Å². The minimum absolute atomic E-state index is 0.00186. The predicted molar refractivity (Wildman–Crippen MR) is 132 cm³/mol. The summed E-state index contributed by atoms with van der Waals surface area (Å²) in [5, 5.41) is 0. The number of nitrogens with zero attached hydrogens (tertiary/aromatic N) is 2. The smallest absolute Gasteiger partial charge is 0.355 e. The van der Waals surface area contributed by atoms with E-state index in [1.165, 1.54) is 25.2 Å². The van der Waals surface area contributed by atoms with Gasteiger partial charge in [0, 0.05) is 12.7 Å². The highest BCUT2D eigenvalue weighted by Crippen LogP contribution is 2.35. The average Bonchev–Trinajstić information content (AvgIpc) is 3.11. The highest BCUT2D eigenvalue weighted by molar-refractivity contribution is 6.06. The number of carbonyl (C=O) groups is 3. The van der Waals surface area contributed by atoms with Gasteiger partial charge in [-0.05, 0) is 49.9 Å². The van der Waals surface area contributed by atoms with Crippen LogP contribution in [0.2, 0.25) is 0 Å². The Bertz CT molecular complexity index is 993. The standard InChI is InChI=1S/C26H34N2O7/c1-6-16-34-22-13-12-19(24(29)35-17-15-27(7-2)8-3)18-21(22)28-14-10-9-11-20(25(30)32-4)23(28)26(31)33-5/h9-14,18H,6-8,15-17H2,1-5H3. The molecule has 0 fully saturated rings. The van der Waals surface area contributed by atoms with Crippen LogP contribution < -0.4 is 9.64 Å². The van der Waals surface area contributed by atoms with E-state index in [0.717, 1.165) is 19.5 Å². The first-order valence-electron chi connectivity index (χ1n) is 11.6. The van der Waals surface area contributed by atoms with Crippen molar-refractivity contribution in [3.63, 3.8) is 0 Å². The molecule has 1 aromatic carbocycles. The van der Waals surface area contributed by atoms with Crippen molar-refractivity contribution in [2.75, 3.05) is 52.0 Å². The molecule has 0 spiro atoms. The molecule has 190 valence electrons. The molecule has 0 aromatic heterocycles. The Morgan fingerprint density at radius 3 is 2.26 bits per heavy atom. The fourth-order valence-electron chi connectivity index (χ4n) is 3.41. The summed E-state index contributed by atoms with van der Waals surface area (Å²) >= 11 is 0. The lowest BCUT2D eigenvalue weighted by molar-refractivity contribution is -0.139. The number of likely N-dealkylation sites (N-methyl/N-ethyl adjacent to an activating group) is 1. The Kier molecular flexibility index (Phi) is 11.0. The number of anilines is 1. The summed E-state index contributed by atoms with van der Waals surface area (Å²) in [6.07, 6.45) is 7.05. The second-order valence-electron chi connectivity index (χ2n) is 7.51. The van der Waals surface area contributed by atoms with Crippen LogP contribution in [0.4, 0.5) is 5.69 Å². The molecule has 0 saturated carbocycles. The van der Waals surface area contributed by atoms with Crippen LogP contribution in [0.25, 0.3) is 0 Å². The van der Waals surface area contributed by atoms with Gasteiger partial charge in [-0.1, -0.05) is 26.8 Å². The number of benzene rings is 1. The summed E-state index contributed by atoms with van der Waals surface area (Å²) in [7, 11) is 2.45. The van der Waals surface area contributed by atoms with Crippen molar-refractivity contribution in [1.29, 1.82) is 0 Å². The molecule has 35 heavy (non-hydrogen) atoms. The third kappa shape index (κ3) is 7.19. The van der Waals surface area contributed by atoms with Crippen molar-refractivity contribution in [2.24, 2.45) is 0 Å². The van der Waals surface area contributed by atoms with E-state index in [4.69, 9.17) is 18.9 Å². The van der Waals surface area contributed by atoms with Crippen LogP contribution in [-0.4, -0.2) is 69.9 Å². The van der Waals surface area contributed by atoms with Crippen molar-refractivity contribution >= 4 is 23.6 Å². The molecule has 0 atom stereocenters. The lowest BCUT2D eigenvalue weighted by Crippen LogP contribution is -2.28. The van der Waals surface area contributed by atoms with Crippen molar-refractivity contribution < 1.29 is 33.3 Å². The van der Waals surface area contributed by atoms with Gasteiger partial charge in [0.2, 0.25) is 0 Å². The Hall–Kier alpha value is -3.59. The van der Waals surface area contributed by atoms with Gasteiger partial charge < -0.3 is 28.7 Å². The summed E-state index contributed by atoms with van der Waals surface area (Å²) in [5.41, 5.74) is 0.576. The van der Waals surface area contributed by atoms with E-state index in [2.05, 4.69) is 4.90 Å². The number of ether oxygens (including phenoxy) is 4. The van der Waals surface area contributed by atoms with E-state index >= 15 is 0 Å². The Morgan fingerprint density at radius 1 is 0.914 bits per heavy atom. The molecule has 9 nitrogen and oxygen atoms in total. The molecule has 0 radical (unpaired) electrons. The second kappa shape index (κ2) is 14.0. The molecule has 0 amide bonds. The Balaban J connectivity index is 2.52. The summed E-state index contributed by atoms with van der Waals surface area (Å²) < 4.78 is 21.2. The Morgan fingerprint density at radius 2 is 1.63 bits per heavy atom. The van der Waals surface area contributed by atoms with Crippen LogP contribution in [0, 0.1) is 0 Å². The van der Waals surface area contributed by atoms with E-state index in [1.54, 1.807) is 36.6 Å². The zero-order chi connectivity index (χ0) is 25.8. The first-order chi connectivity index (χ1) is 16.9. The van der Waals surface area contributed by atoms with Crippen molar-refractivity contribution in [2.45, 2.75) is 27.2 Å². The molecule has 1 aliphatic rings. The van der Waals surface area contributed by atoms with Gasteiger partial charge in [-0.15, -0.1) is 0 Å². The molecule has 0 saturated heterocycles. The molecule has 0 aliphatic carbocycles. The quantitative estimate of drug-likeness (QED) is 0.325. The average molecular weight is 487 g/mol. The normalized spacial score (nSPS) is 13.0. The molecule has 1 aliphatic heterocycles. The molecule has 1 heterocycles. The number of hydrogen-bond acceptors (Lipinski definition) is 9. The van der Waals surface area contributed by atoms with Gasteiger partial charge in [-0.3, -0.25) is 0 Å². The van der Waals surface area contributed by atoms with Crippen molar-refractivity contribution in [1.82, 2.24) is 4.90 Å². The number of rotatable bonds is 12. The SMILES string of the molecule is CCCOc1ccc(C(=O)OCCN(CC)CC)cc1N1C=CC=CC(C(=O)OC)=C1C(=O)OC. The molecule has 2 rings (SSSR count).